The predicted octanol–water partition coefficient (Wildman–Crippen LogP) is 3.59. The topological polar surface area (TPSA) is 97.3 Å². The molecule has 0 spiro atoms. The van der Waals surface area contributed by atoms with Gasteiger partial charge in [-0.2, -0.15) is 5.10 Å². The lowest BCUT2D eigenvalue weighted by Gasteiger charge is -2.12. The second kappa shape index (κ2) is 9.32. The Bertz CT molecular complexity index is 1160. The fourth-order valence-electron chi connectivity index (χ4n) is 3.41. The molecular weight excluding hydrogens is 430 g/mol. The van der Waals surface area contributed by atoms with Gasteiger partial charge in [0.25, 0.3) is 11.8 Å². The van der Waals surface area contributed by atoms with Gasteiger partial charge in [0.2, 0.25) is 0 Å². The summed E-state index contributed by atoms with van der Waals surface area (Å²) in [5.74, 6) is 0.0696. The van der Waals surface area contributed by atoms with Gasteiger partial charge in [-0.3, -0.25) is 20.4 Å². The molecule has 1 fully saturated rings. The van der Waals surface area contributed by atoms with Gasteiger partial charge in [0.15, 0.2) is 0 Å². The second-order valence-corrected chi connectivity index (χ2v) is 8.03. The minimum absolute atomic E-state index is 0.0305. The van der Waals surface area contributed by atoms with Crippen LogP contribution in [-0.4, -0.2) is 35.2 Å². The van der Waals surface area contributed by atoms with Crippen LogP contribution in [-0.2, 0) is 4.79 Å². The molecule has 1 saturated carbocycles. The minimum Gasteiger partial charge on any atom is -0.495 e. The summed E-state index contributed by atoms with van der Waals surface area (Å²) in [7, 11) is 1.56. The van der Waals surface area contributed by atoms with Crippen LogP contribution in [0.3, 0.4) is 0 Å². The van der Waals surface area contributed by atoms with Crippen molar-refractivity contribution in [3.8, 4) is 11.4 Å². The number of hydrogen-bond donors (Lipinski definition) is 3. The molecule has 9 heteroatoms. The quantitative estimate of drug-likeness (QED) is 0.475. The zero-order valence-corrected chi connectivity index (χ0v) is 18.6. The number of ether oxygens (including phenoxy) is 1. The molecule has 8 nitrogen and oxygen atoms in total. The first-order valence-electron chi connectivity index (χ1n) is 10.3. The molecule has 3 aromatic rings. The highest BCUT2D eigenvalue weighted by atomic mass is 35.5. The van der Waals surface area contributed by atoms with Gasteiger partial charge in [0.1, 0.15) is 5.75 Å². The van der Waals surface area contributed by atoms with Gasteiger partial charge in [0.05, 0.1) is 42.5 Å². The maximum Gasteiger partial charge on any atom is 0.273 e. The van der Waals surface area contributed by atoms with Crippen LogP contribution in [0.5, 0.6) is 5.75 Å². The van der Waals surface area contributed by atoms with Crippen molar-refractivity contribution >= 4 is 29.1 Å². The van der Waals surface area contributed by atoms with Crippen LogP contribution in [0, 0.1) is 6.92 Å². The normalized spacial score (nSPS) is 12.8. The summed E-state index contributed by atoms with van der Waals surface area (Å²) >= 11 is 6.28. The van der Waals surface area contributed by atoms with Crippen LogP contribution in [0.15, 0.2) is 48.7 Å². The van der Waals surface area contributed by atoms with Crippen molar-refractivity contribution in [2.24, 2.45) is 0 Å². The van der Waals surface area contributed by atoms with Crippen molar-refractivity contribution in [2.75, 3.05) is 19.0 Å². The maximum absolute atomic E-state index is 12.8. The first-order valence-corrected chi connectivity index (χ1v) is 10.7. The summed E-state index contributed by atoms with van der Waals surface area (Å²) in [6.07, 6.45) is 3.50. The molecule has 3 N–H and O–H groups in total. The molecule has 0 saturated heterocycles. The molecule has 2 aromatic carbocycles. The molecule has 0 bridgehead atoms. The summed E-state index contributed by atoms with van der Waals surface area (Å²) in [6, 6.07) is 13.0. The van der Waals surface area contributed by atoms with Crippen LogP contribution < -0.4 is 20.9 Å². The van der Waals surface area contributed by atoms with Crippen LogP contribution in [0.4, 0.5) is 5.69 Å². The van der Waals surface area contributed by atoms with E-state index in [1.165, 1.54) is 6.20 Å². The fraction of sp³-hybridized carbons (Fsp3) is 0.261. The number of aromatic nitrogens is 2. The number of para-hydroxylation sites is 2. The molecule has 0 atom stereocenters. The number of amides is 2. The van der Waals surface area contributed by atoms with E-state index in [4.69, 9.17) is 16.3 Å². The second-order valence-electron chi connectivity index (χ2n) is 7.62. The molecule has 1 aliphatic rings. The van der Waals surface area contributed by atoms with Gasteiger partial charge in [0, 0.05) is 10.9 Å². The first kappa shape index (κ1) is 21.7. The van der Waals surface area contributed by atoms with Gasteiger partial charge in [-0.15, -0.1) is 0 Å². The summed E-state index contributed by atoms with van der Waals surface area (Å²) in [5, 5.41) is 8.04. The number of nitrogens with zero attached hydrogens (tertiary/aromatic N) is 2. The van der Waals surface area contributed by atoms with Crippen molar-refractivity contribution in [1.82, 2.24) is 20.6 Å². The molecule has 0 aliphatic heterocycles. The molecule has 1 aromatic heterocycles. The van der Waals surface area contributed by atoms with E-state index in [-0.39, 0.29) is 12.5 Å². The smallest absolute Gasteiger partial charge is 0.273 e. The molecule has 32 heavy (non-hydrogen) atoms. The Morgan fingerprint density at radius 2 is 1.97 bits per heavy atom. The Morgan fingerprint density at radius 3 is 2.69 bits per heavy atom. The standard InChI is InChI=1S/C23H24ClN5O3/c1-14-7-10-16(11-18(14)24)29-22(15-8-9-15)17(12-26-29)23(31)28-27-21(30)13-25-19-5-3-4-6-20(19)32-2/h3-7,10-12,15,25H,8-9,13H2,1-2H3,(H,27,30)(H,28,31). The number of halogens is 1. The van der Waals surface area contributed by atoms with Gasteiger partial charge in [-0.05, 0) is 49.6 Å². The summed E-state index contributed by atoms with van der Waals surface area (Å²) in [6.45, 7) is 1.90. The Kier molecular flexibility index (Phi) is 6.32. The van der Waals surface area contributed by atoms with E-state index in [1.54, 1.807) is 23.9 Å². The maximum atomic E-state index is 12.8. The van der Waals surface area contributed by atoms with Crippen molar-refractivity contribution in [3.05, 3.63) is 70.5 Å². The number of carbonyl (C=O) groups excluding carboxylic acids is 2. The number of nitrogens with one attached hydrogen (secondary N) is 3. The molecule has 0 unspecified atom stereocenters. The van der Waals surface area contributed by atoms with Crippen LogP contribution >= 0.6 is 11.6 Å². The average molecular weight is 454 g/mol. The highest BCUT2D eigenvalue weighted by molar-refractivity contribution is 6.31. The van der Waals surface area contributed by atoms with Gasteiger partial charge in [-0.25, -0.2) is 4.68 Å². The number of rotatable bonds is 7. The summed E-state index contributed by atoms with van der Waals surface area (Å²) in [4.78, 5) is 25.0. The average Bonchev–Trinajstić information content (AvgIpc) is 3.55. The van der Waals surface area contributed by atoms with E-state index in [1.807, 2.05) is 37.3 Å². The number of benzene rings is 2. The number of hydrazine groups is 1. The lowest BCUT2D eigenvalue weighted by Crippen LogP contribution is -2.44. The van der Waals surface area contributed by atoms with E-state index >= 15 is 0 Å². The Hall–Kier alpha value is -3.52. The van der Waals surface area contributed by atoms with Crippen molar-refractivity contribution in [3.63, 3.8) is 0 Å². The van der Waals surface area contributed by atoms with Crippen molar-refractivity contribution < 1.29 is 14.3 Å². The lowest BCUT2D eigenvalue weighted by atomic mass is 10.1. The van der Waals surface area contributed by atoms with Gasteiger partial charge >= 0.3 is 0 Å². The van der Waals surface area contributed by atoms with Crippen LogP contribution in [0.1, 0.15) is 40.4 Å². The van der Waals surface area contributed by atoms with Crippen LogP contribution in [0.25, 0.3) is 5.69 Å². The zero-order valence-electron chi connectivity index (χ0n) is 17.8. The minimum atomic E-state index is -0.415. The van der Waals surface area contributed by atoms with Crippen molar-refractivity contribution in [1.29, 1.82) is 0 Å². The Labute approximate surface area is 190 Å². The predicted molar refractivity (Wildman–Crippen MR) is 122 cm³/mol. The lowest BCUT2D eigenvalue weighted by molar-refractivity contribution is -0.120. The van der Waals surface area contributed by atoms with E-state index in [0.717, 1.165) is 29.8 Å². The SMILES string of the molecule is COc1ccccc1NCC(=O)NNC(=O)c1cnn(-c2ccc(C)c(Cl)c2)c1C1CC1. The van der Waals surface area contributed by atoms with Crippen molar-refractivity contribution in [2.45, 2.75) is 25.7 Å². The Morgan fingerprint density at radius 1 is 1.19 bits per heavy atom. The molecule has 4 rings (SSSR count). The molecule has 2 amide bonds. The third-order valence-corrected chi connectivity index (χ3v) is 5.68. The van der Waals surface area contributed by atoms with Gasteiger partial charge in [-0.1, -0.05) is 29.8 Å². The monoisotopic (exact) mass is 453 g/mol. The summed E-state index contributed by atoms with van der Waals surface area (Å²) in [5.41, 5.74) is 8.63. The number of aryl methyl sites for hydroxylation is 1. The highest BCUT2D eigenvalue weighted by Gasteiger charge is 2.33. The van der Waals surface area contributed by atoms with Crippen LogP contribution in [0.2, 0.25) is 5.02 Å². The number of methoxy groups -OCH3 is 1. The highest BCUT2D eigenvalue weighted by Crippen LogP contribution is 2.42. The molecule has 0 radical (unpaired) electrons. The molecule has 1 aliphatic carbocycles. The summed E-state index contributed by atoms with van der Waals surface area (Å²) < 4.78 is 7.00. The van der Waals surface area contributed by atoms with E-state index in [9.17, 15) is 9.59 Å². The zero-order chi connectivity index (χ0) is 22.7. The third kappa shape index (κ3) is 4.70. The molecule has 1 heterocycles. The van der Waals surface area contributed by atoms with Gasteiger partial charge < -0.3 is 10.1 Å². The number of anilines is 1. The molecular formula is C23H24ClN5O3. The van der Waals surface area contributed by atoms with E-state index < -0.39 is 11.8 Å². The van der Waals surface area contributed by atoms with E-state index in [2.05, 4.69) is 21.3 Å². The third-order valence-electron chi connectivity index (χ3n) is 5.28. The molecule has 166 valence electrons. The Balaban J connectivity index is 1.42. The largest absolute Gasteiger partial charge is 0.495 e. The first-order chi connectivity index (χ1) is 15.5. The number of carbonyl (C=O) groups is 2. The number of hydrogen-bond acceptors (Lipinski definition) is 5. The van der Waals surface area contributed by atoms with E-state index in [0.29, 0.717) is 22.0 Å². The fourth-order valence-corrected chi connectivity index (χ4v) is 3.58.